The number of ketones is 1. The van der Waals surface area contributed by atoms with Gasteiger partial charge in [0.05, 0.1) is 27.3 Å². The Balaban J connectivity index is 1.75. The van der Waals surface area contributed by atoms with Gasteiger partial charge in [-0.3, -0.25) is 30.4 Å². The molecule has 13 nitrogen and oxygen atoms in total. The number of rotatable bonds is 7. The highest BCUT2D eigenvalue weighted by Gasteiger charge is 2.23. The summed E-state index contributed by atoms with van der Waals surface area (Å²) in [7, 11) is 0. The van der Waals surface area contributed by atoms with Crippen LogP contribution in [0.3, 0.4) is 0 Å². The lowest BCUT2D eigenvalue weighted by Crippen LogP contribution is -2.07. The number of nitrogens with one attached hydrogen (secondary N) is 1. The first-order chi connectivity index (χ1) is 16.3. The van der Waals surface area contributed by atoms with Crippen LogP contribution in [0.1, 0.15) is 27.2 Å². The van der Waals surface area contributed by atoms with Crippen LogP contribution in [0.5, 0.6) is 0 Å². The van der Waals surface area contributed by atoms with Gasteiger partial charge in [-0.1, -0.05) is 18.2 Å². The number of hydrogen-bond acceptors (Lipinski definition) is 10. The number of pyridine rings is 1. The minimum absolute atomic E-state index is 0.161. The Morgan fingerprint density at radius 2 is 1.94 bits per heavy atom. The average Bonchev–Trinajstić information content (AvgIpc) is 3.09. The molecule has 0 saturated carbocycles. The molecule has 13 heteroatoms. The summed E-state index contributed by atoms with van der Waals surface area (Å²) < 4.78 is 1.66. The molecule has 0 amide bonds. The molecular formula is C21H16N8O5. The Morgan fingerprint density at radius 1 is 1.15 bits per heavy atom. The lowest BCUT2D eigenvalue weighted by atomic mass is 10.0. The van der Waals surface area contributed by atoms with Gasteiger partial charge >= 0.3 is 5.69 Å². The van der Waals surface area contributed by atoms with Crippen molar-refractivity contribution in [1.29, 1.82) is 0 Å². The Morgan fingerprint density at radius 3 is 2.68 bits per heavy atom. The smallest absolute Gasteiger partial charge is 0.354 e. The molecule has 0 saturated heterocycles. The van der Waals surface area contributed by atoms with E-state index in [-0.39, 0.29) is 22.9 Å². The molecule has 1 aromatic carbocycles. The highest BCUT2D eigenvalue weighted by atomic mass is 16.6. The molecule has 0 aliphatic carbocycles. The Hall–Kier alpha value is -5.20. The van der Waals surface area contributed by atoms with Crippen LogP contribution in [0, 0.1) is 27.2 Å². The summed E-state index contributed by atoms with van der Waals surface area (Å²) in [4.78, 5) is 41.8. The molecule has 0 aliphatic rings. The van der Waals surface area contributed by atoms with Crippen molar-refractivity contribution in [2.24, 2.45) is 5.10 Å². The summed E-state index contributed by atoms with van der Waals surface area (Å²) in [5.74, 6) is -0.912. The molecule has 3 heterocycles. The minimum atomic E-state index is -0.720. The summed E-state index contributed by atoms with van der Waals surface area (Å²) in [6, 6.07) is 10.8. The average molecular weight is 460 g/mol. The molecule has 0 unspecified atom stereocenters. The fourth-order valence-corrected chi connectivity index (χ4v) is 3.51. The lowest BCUT2D eigenvalue weighted by Gasteiger charge is -2.04. The summed E-state index contributed by atoms with van der Waals surface area (Å²) in [6.45, 7) is 1.71. The van der Waals surface area contributed by atoms with Crippen molar-refractivity contribution in [3.8, 4) is 0 Å². The molecule has 0 spiro atoms. The van der Waals surface area contributed by atoms with Crippen molar-refractivity contribution in [1.82, 2.24) is 14.4 Å². The second-order valence-electron chi connectivity index (χ2n) is 7.06. The normalized spacial score (nSPS) is 11.1. The van der Waals surface area contributed by atoms with E-state index < -0.39 is 21.3 Å². The molecule has 34 heavy (non-hydrogen) atoms. The number of fused-ring (bicyclic) bond motifs is 1. The van der Waals surface area contributed by atoms with Crippen molar-refractivity contribution in [2.45, 2.75) is 6.92 Å². The maximum Gasteiger partial charge on any atom is 0.354 e. The number of nitrogens with zero attached hydrogens (tertiary/aromatic N) is 6. The summed E-state index contributed by atoms with van der Waals surface area (Å²) in [5.41, 5.74) is 9.56. The van der Waals surface area contributed by atoms with Crippen molar-refractivity contribution in [3.63, 3.8) is 0 Å². The van der Waals surface area contributed by atoms with Crippen LogP contribution in [-0.2, 0) is 0 Å². The van der Waals surface area contributed by atoms with E-state index in [9.17, 15) is 25.0 Å². The van der Waals surface area contributed by atoms with Crippen molar-refractivity contribution >= 4 is 40.5 Å². The van der Waals surface area contributed by atoms with Crippen LogP contribution in [-0.4, -0.2) is 36.2 Å². The SMILES string of the molecule is Cc1c(/C=N/Nc2ncnc(N)c2[N+](=O)[O-])c2ccccn2c1C(=O)c1cccc([N+](=O)[O-])c1. The van der Waals surface area contributed by atoms with Gasteiger partial charge in [0.15, 0.2) is 0 Å². The van der Waals surface area contributed by atoms with E-state index in [1.54, 1.807) is 35.7 Å². The van der Waals surface area contributed by atoms with Gasteiger partial charge in [0.1, 0.15) is 6.33 Å². The predicted octanol–water partition coefficient (Wildman–Crippen LogP) is 3.11. The van der Waals surface area contributed by atoms with E-state index in [1.165, 1.54) is 30.5 Å². The van der Waals surface area contributed by atoms with Gasteiger partial charge in [-0.15, -0.1) is 0 Å². The van der Waals surface area contributed by atoms with E-state index in [2.05, 4.69) is 20.5 Å². The van der Waals surface area contributed by atoms with Gasteiger partial charge < -0.3 is 10.1 Å². The van der Waals surface area contributed by atoms with E-state index in [0.717, 1.165) is 6.33 Å². The number of nitro groups is 2. The van der Waals surface area contributed by atoms with Gasteiger partial charge in [0, 0.05) is 29.5 Å². The van der Waals surface area contributed by atoms with E-state index in [0.29, 0.717) is 22.3 Å². The molecule has 4 aromatic rings. The third-order valence-electron chi connectivity index (χ3n) is 5.07. The lowest BCUT2D eigenvalue weighted by molar-refractivity contribution is -0.384. The van der Waals surface area contributed by atoms with E-state index in [1.807, 2.05) is 0 Å². The van der Waals surface area contributed by atoms with Crippen LogP contribution < -0.4 is 11.2 Å². The molecule has 0 aliphatic heterocycles. The van der Waals surface area contributed by atoms with Gasteiger partial charge in [-0.2, -0.15) is 5.10 Å². The number of carbonyl (C=O) groups is 1. The number of nitro benzene ring substituents is 1. The first kappa shape index (κ1) is 22.0. The standard InChI is InChI=1S/C21H16N8O5/c1-12-15(10-25-26-21-18(29(33)34)20(22)23-11-24-21)16-7-2-3-8-27(16)17(12)19(30)13-5-4-6-14(9-13)28(31)32/h2-11H,1H3,(H3,22,23,24,26)/b25-10+. The van der Waals surface area contributed by atoms with E-state index in [4.69, 9.17) is 5.73 Å². The van der Waals surface area contributed by atoms with Gasteiger partial charge in [-0.25, -0.2) is 9.97 Å². The molecule has 0 bridgehead atoms. The number of nitrogens with two attached hydrogens (primary N) is 1. The molecule has 0 radical (unpaired) electrons. The fourth-order valence-electron chi connectivity index (χ4n) is 3.51. The zero-order valence-corrected chi connectivity index (χ0v) is 17.6. The highest BCUT2D eigenvalue weighted by Crippen LogP contribution is 2.27. The van der Waals surface area contributed by atoms with Crippen LogP contribution in [0.25, 0.3) is 5.52 Å². The topological polar surface area (TPSA) is 184 Å². The molecule has 0 atom stereocenters. The molecule has 170 valence electrons. The van der Waals surface area contributed by atoms with E-state index >= 15 is 0 Å². The second kappa shape index (κ2) is 8.74. The fraction of sp³-hybridized carbons (Fsp3) is 0.0476. The van der Waals surface area contributed by atoms with Crippen molar-refractivity contribution < 1.29 is 14.6 Å². The number of aromatic nitrogens is 3. The number of benzene rings is 1. The highest BCUT2D eigenvalue weighted by molar-refractivity contribution is 6.12. The molecule has 0 fully saturated rings. The third kappa shape index (κ3) is 3.88. The Bertz CT molecular complexity index is 1490. The molecule has 4 rings (SSSR count). The van der Waals surface area contributed by atoms with Crippen LogP contribution in [0.15, 0.2) is 60.1 Å². The summed E-state index contributed by atoms with van der Waals surface area (Å²) in [5, 5.41) is 26.4. The molecular weight excluding hydrogens is 444 g/mol. The Labute approximate surface area is 190 Å². The minimum Gasteiger partial charge on any atom is -0.378 e. The molecule has 3 N–H and O–H groups in total. The largest absolute Gasteiger partial charge is 0.378 e. The van der Waals surface area contributed by atoms with Crippen molar-refractivity contribution in [3.05, 3.63) is 97.6 Å². The van der Waals surface area contributed by atoms with Gasteiger partial charge in [-0.05, 0) is 24.6 Å². The van der Waals surface area contributed by atoms with Crippen LogP contribution in [0.4, 0.5) is 23.0 Å². The van der Waals surface area contributed by atoms with Gasteiger partial charge in [0.25, 0.3) is 5.69 Å². The molecule has 3 aromatic heterocycles. The number of anilines is 2. The summed E-state index contributed by atoms with van der Waals surface area (Å²) in [6.07, 6.45) is 4.15. The first-order valence-electron chi connectivity index (χ1n) is 9.72. The third-order valence-corrected chi connectivity index (χ3v) is 5.07. The number of hydrazone groups is 1. The first-order valence-corrected chi connectivity index (χ1v) is 9.72. The number of hydrogen-bond donors (Lipinski definition) is 2. The number of non-ortho nitro benzene ring substituents is 1. The zero-order valence-electron chi connectivity index (χ0n) is 17.6. The maximum atomic E-state index is 13.3. The van der Waals surface area contributed by atoms with Crippen LogP contribution >= 0.6 is 0 Å². The second-order valence-corrected chi connectivity index (χ2v) is 7.06. The summed E-state index contributed by atoms with van der Waals surface area (Å²) >= 11 is 0. The Kier molecular flexibility index (Phi) is 5.66. The number of carbonyl (C=O) groups excluding carboxylic acids is 1. The zero-order chi connectivity index (χ0) is 24.4. The van der Waals surface area contributed by atoms with Crippen LogP contribution in [0.2, 0.25) is 0 Å². The quantitative estimate of drug-likeness (QED) is 0.181. The predicted molar refractivity (Wildman–Crippen MR) is 123 cm³/mol. The van der Waals surface area contributed by atoms with Gasteiger partial charge in [0.2, 0.25) is 17.4 Å². The monoisotopic (exact) mass is 460 g/mol. The van der Waals surface area contributed by atoms with Crippen molar-refractivity contribution in [2.75, 3.05) is 11.2 Å². The number of nitrogen functional groups attached to an aromatic ring is 1. The maximum absolute atomic E-state index is 13.3.